The average Bonchev–Trinajstić information content (AvgIpc) is 2.41. The molecule has 0 aliphatic carbocycles. The zero-order chi connectivity index (χ0) is 16.1. The summed E-state index contributed by atoms with van der Waals surface area (Å²) >= 11 is 0. The second-order valence-corrected chi connectivity index (χ2v) is 6.66. The molecule has 0 aliphatic heterocycles. The van der Waals surface area contributed by atoms with E-state index in [4.69, 9.17) is 4.74 Å². The first-order valence-electron chi connectivity index (χ1n) is 8.42. The van der Waals surface area contributed by atoms with Crippen molar-refractivity contribution >= 4 is 5.97 Å². The van der Waals surface area contributed by atoms with E-state index in [1.807, 2.05) is 52.0 Å². The maximum absolute atomic E-state index is 12.0. The fraction of sp³-hybridized carbons (Fsp3) is 0.737. The number of hydrogen-bond donors (Lipinski definition) is 0. The molecular formula is C19H34O2. The molecule has 1 atom stereocenters. The lowest BCUT2D eigenvalue weighted by Gasteiger charge is -2.21. The Morgan fingerprint density at radius 1 is 1.05 bits per heavy atom. The van der Waals surface area contributed by atoms with Crippen molar-refractivity contribution < 1.29 is 9.53 Å². The van der Waals surface area contributed by atoms with Gasteiger partial charge in [-0.3, -0.25) is 4.79 Å². The van der Waals surface area contributed by atoms with Crippen molar-refractivity contribution in [2.24, 2.45) is 5.41 Å². The fourth-order valence-corrected chi connectivity index (χ4v) is 1.93. The second-order valence-electron chi connectivity index (χ2n) is 6.66. The van der Waals surface area contributed by atoms with Gasteiger partial charge in [0.2, 0.25) is 0 Å². The molecule has 0 N–H and O–H groups in total. The molecule has 0 saturated heterocycles. The van der Waals surface area contributed by atoms with E-state index in [0.717, 1.165) is 12.8 Å². The predicted octanol–water partition coefficient (Wildman–Crippen LogP) is 5.83. The molecule has 21 heavy (non-hydrogen) atoms. The SMILES string of the molecule is C/C=C/C=C/[C@H](CCCCCCCC)OC(=O)C(C)(C)C. The standard InChI is InChI=1S/C19H34O2/c1-6-8-10-11-12-14-16-17(15-13-9-7-2)21-18(20)19(3,4)5/h7,9,13,15,17H,6,8,10-12,14,16H2,1-5H3/b9-7+,15-13+/t17-/m1/s1. The molecule has 122 valence electrons. The van der Waals surface area contributed by atoms with Crippen LogP contribution in [0.5, 0.6) is 0 Å². The molecule has 2 heteroatoms. The lowest BCUT2D eigenvalue weighted by molar-refractivity contribution is -0.156. The van der Waals surface area contributed by atoms with Gasteiger partial charge in [0, 0.05) is 0 Å². The Morgan fingerprint density at radius 2 is 1.67 bits per heavy atom. The fourth-order valence-electron chi connectivity index (χ4n) is 1.93. The molecule has 0 saturated carbocycles. The van der Waals surface area contributed by atoms with Crippen LogP contribution in [0.4, 0.5) is 0 Å². The van der Waals surface area contributed by atoms with Crippen LogP contribution >= 0.6 is 0 Å². The number of allylic oxidation sites excluding steroid dienone is 3. The van der Waals surface area contributed by atoms with Crippen molar-refractivity contribution in [3.05, 3.63) is 24.3 Å². The predicted molar refractivity (Wildman–Crippen MR) is 91.3 cm³/mol. The van der Waals surface area contributed by atoms with Crippen molar-refractivity contribution in [1.29, 1.82) is 0 Å². The molecule has 0 aromatic rings. The van der Waals surface area contributed by atoms with Gasteiger partial charge >= 0.3 is 5.97 Å². The van der Waals surface area contributed by atoms with E-state index >= 15 is 0 Å². The van der Waals surface area contributed by atoms with Crippen LogP contribution in [0.1, 0.15) is 79.6 Å². The first-order valence-corrected chi connectivity index (χ1v) is 8.42. The molecule has 0 aliphatic rings. The van der Waals surface area contributed by atoms with Gasteiger partial charge in [0.25, 0.3) is 0 Å². The van der Waals surface area contributed by atoms with Gasteiger partial charge in [0.05, 0.1) is 5.41 Å². The zero-order valence-electron chi connectivity index (χ0n) is 14.7. The molecule has 0 unspecified atom stereocenters. The molecule has 2 nitrogen and oxygen atoms in total. The number of carbonyl (C=O) groups is 1. The van der Waals surface area contributed by atoms with Crippen molar-refractivity contribution in [3.8, 4) is 0 Å². The number of esters is 1. The van der Waals surface area contributed by atoms with Crippen LogP contribution in [-0.4, -0.2) is 12.1 Å². The molecule has 0 amide bonds. The second kappa shape index (κ2) is 11.6. The summed E-state index contributed by atoms with van der Waals surface area (Å²) < 4.78 is 5.63. The van der Waals surface area contributed by atoms with Gasteiger partial charge in [-0.25, -0.2) is 0 Å². The Labute approximate surface area is 131 Å². The average molecular weight is 294 g/mol. The summed E-state index contributed by atoms with van der Waals surface area (Å²) in [7, 11) is 0. The van der Waals surface area contributed by atoms with E-state index in [0.29, 0.717) is 0 Å². The van der Waals surface area contributed by atoms with Gasteiger partial charge in [0.15, 0.2) is 0 Å². The van der Waals surface area contributed by atoms with E-state index < -0.39 is 5.41 Å². The van der Waals surface area contributed by atoms with Crippen LogP contribution in [0.3, 0.4) is 0 Å². The summed E-state index contributed by atoms with van der Waals surface area (Å²) in [5.41, 5.74) is -0.437. The van der Waals surface area contributed by atoms with Gasteiger partial charge in [-0.15, -0.1) is 0 Å². The third-order valence-corrected chi connectivity index (χ3v) is 3.34. The maximum atomic E-state index is 12.0. The number of carbonyl (C=O) groups excluding carboxylic acids is 1. The maximum Gasteiger partial charge on any atom is 0.311 e. The van der Waals surface area contributed by atoms with Crippen LogP contribution in [0.2, 0.25) is 0 Å². The van der Waals surface area contributed by atoms with Crippen molar-refractivity contribution in [1.82, 2.24) is 0 Å². The highest BCUT2D eigenvalue weighted by atomic mass is 16.5. The lowest BCUT2D eigenvalue weighted by atomic mass is 9.97. The Kier molecular flexibility index (Phi) is 11.0. The van der Waals surface area contributed by atoms with Crippen LogP contribution in [0, 0.1) is 5.41 Å². The van der Waals surface area contributed by atoms with Crippen LogP contribution in [0.15, 0.2) is 24.3 Å². The molecule has 0 radical (unpaired) electrons. The molecule has 0 aromatic carbocycles. The minimum absolute atomic E-state index is 0.0981. The molecule has 0 aromatic heterocycles. The van der Waals surface area contributed by atoms with Gasteiger partial charge in [0.1, 0.15) is 6.10 Å². The van der Waals surface area contributed by atoms with Gasteiger partial charge in [-0.1, -0.05) is 57.3 Å². The van der Waals surface area contributed by atoms with E-state index in [1.165, 1.54) is 32.1 Å². The van der Waals surface area contributed by atoms with Gasteiger partial charge in [-0.05, 0) is 46.6 Å². The molecule has 0 heterocycles. The van der Waals surface area contributed by atoms with E-state index in [2.05, 4.69) is 6.92 Å². The van der Waals surface area contributed by atoms with E-state index in [1.54, 1.807) is 0 Å². The molecule has 0 spiro atoms. The van der Waals surface area contributed by atoms with Crippen molar-refractivity contribution in [3.63, 3.8) is 0 Å². The largest absolute Gasteiger partial charge is 0.458 e. The Hall–Kier alpha value is -1.05. The highest BCUT2D eigenvalue weighted by Crippen LogP contribution is 2.19. The minimum atomic E-state index is -0.437. The van der Waals surface area contributed by atoms with Crippen molar-refractivity contribution in [2.75, 3.05) is 0 Å². The third kappa shape index (κ3) is 11.3. The summed E-state index contributed by atoms with van der Waals surface area (Å²) in [5.74, 6) is -0.122. The van der Waals surface area contributed by atoms with Gasteiger partial charge in [-0.2, -0.15) is 0 Å². The number of ether oxygens (including phenoxy) is 1. The van der Waals surface area contributed by atoms with E-state index in [-0.39, 0.29) is 12.1 Å². The Bertz CT molecular complexity index is 321. The first kappa shape index (κ1) is 19.9. The molecule has 0 bridgehead atoms. The summed E-state index contributed by atoms with van der Waals surface area (Å²) in [5, 5.41) is 0. The quantitative estimate of drug-likeness (QED) is 0.288. The minimum Gasteiger partial charge on any atom is -0.458 e. The number of hydrogen-bond acceptors (Lipinski definition) is 2. The third-order valence-electron chi connectivity index (χ3n) is 3.34. The Balaban J connectivity index is 4.24. The highest BCUT2D eigenvalue weighted by Gasteiger charge is 2.25. The molecule has 0 fully saturated rings. The summed E-state index contributed by atoms with van der Waals surface area (Å²) in [6.45, 7) is 9.90. The molecular weight excluding hydrogens is 260 g/mol. The normalized spacial score (nSPS) is 14.0. The summed E-state index contributed by atoms with van der Waals surface area (Å²) in [6.07, 6.45) is 16.3. The highest BCUT2D eigenvalue weighted by molar-refractivity contribution is 5.75. The summed E-state index contributed by atoms with van der Waals surface area (Å²) in [4.78, 5) is 12.0. The van der Waals surface area contributed by atoms with Crippen LogP contribution < -0.4 is 0 Å². The zero-order valence-corrected chi connectivity index (χ0v) is 14.7. The van der Waals surface area contributed by atoms with Crippen molar-refractivity contribution in [2.45, 2.75) is 85.7 Å². The van der Waals surface area contributed by atoms with Crippen LogP contribution in [-0.2, 0) is 9.53 Å². The monoisotopic (exact) mass is 294 g/mol. The van der Waals surface area contributed by atoms with Gasteiger partial charge < -0.3 is 4.74 Å². The smallest absolute Gasteiger partial charge is 0.311 e. The number of unbranched alkanes of at least 4 members (excludes halogenated alkanes) is 5. The summed E-state index contributed by atoms with van der Waals surface area (Å²) in [6, 6.07) is 0. The van der Waals surface area contributed by atoms with Crippen LogP contribution in [0.25, 0.3) is 0 Å². The molecule has 0 rings (SSSR count). The lowest BCUT2D eigenvalue weighted by Crippen LogP contribution is -2.27. The topological polar surface area (TPSA) is 26.3 Å². The first-order chi connectivity index (χ1) is 9.91. The number of rotatable bonds is 10. The Morgan fingerprint density at radius 3 is 2.24 bits per heavy atom. The van der Waals surface area contributed by atoms with E-state index in [9.17, 15) is 4.79 Å².